The Morgan fingerprint density at radius 3 is 3.00 bits per heavy atom. The Kier molecular flexibility index (Phi) is 5.03. The smallest absolute Gasteiger partial charge is 0.254 e. The Morgan fingerprint density at radius 2 is 2.15 bits per heavy atom. The molecule has 0 N–H and O–H groups in total. The molecule has 0 spiro atoms. The summed E-state index contributed by atoms with van der Waals surface area (Å²) in [5.41, 5.74) is 0.649. The molecule has 7 heteroatoms. The van der Waals surface area contributed by atoms with E-state index in [1.54, 1.807) is 6.07 Å². The lowest BCUT2D eigenvalue weighted by atomic mass is 9.96. The number of carbonyl (C=O) groups is 1. The minimum absolute atomic E-state index is 0.0457. The van der Waals surface area contributed by atoms with Gasteiger partial charge in [-0.15, -0.1) is 0 Å². The number of rotatable bonds is 5. The Balaban J connectivity index is 1.47. The maximum absolute atomic E-state index is 13.0. The van der Waals surface area contributed by atoms with E-state index in [-0.39, 0.29) is 18.6 Å². The van der Waals surface area contributed by atoms with Gasteiger partial charge in [-0.25, -0.2) is 4.98 Å². The summed E-state index contributed by atoms with van der Waals surface area (Å²) in [6.45, 7) is 3.58. The fraction of sp³-hybridized carbons (Fsp3) is 0.500. The first kappa shape index (κ1) is 17.9. The highest BCUT2D eigenvalue weighted by atomic mass is 16.7. The van der Waals surface area contributed by atoms with Crippen LogP contribution in [-0.4, -0.2) is 65.8 Å². The minimum Gasteiger partial charge on any atom is -0.454 e. The maximum Gasteiger partial charge on any atom is 0.254 e. The Bertz CT molecular complexity index is 817. The van der Waals surface area contributed by atoms with Gasteiger partial charge in [0, 0.05) is 50.1 Å². The lowest BCUT2D eigenvalue weighted by Crippen LogP contribution is -2.39. The summed E-state index contributed by atoms with van der Waals surface area (Å²) in [6.07, 6.45) is 5.95. The average Bonchev–Trinajstić information content (AvgIpc) is 3.34. The predicted molar refractivity (Wildman–Crippen MR) is 101 cm³/mol. The first-order chi connectivity index (χ1) is 13.1. The van der Waals surface area contributed by atoms with Crippen molar-refractivity contribution in [1.82, 2.24) is 19.4 Å². The van der Waals surface area contributed by atoms with E-state index in [4.69, 9.17) is 9.47 Å². The molecular formula is C20H26N4O3. The quantitative estimate of drug-likeness (QED) is 0.808. The first-order valence-electron chi connectivity index (χ1n) is 9.46. The van der Waals surface area contributed by atoms with Crippen molar-refractivity contribution in [3.05, 3.63) is 42.0 Å². The van der Waals surface area contributed by atoms with Crippen LogP contribution in [0.4, 0.5) is 0 Å². The SMILES string of the molecule is CN(C)CCn1ccnc1[C@H]1CCCN(C(=O)c2ccc3c(c2)OCO3)C1. The third kappa shape index (κ3) is 3.78. The fourth-order valence-corrected chi connectivity index (χ4v) is 3.76. The summed E-state index contributed by atoms with van der Waals surface area (Å²) < 4.78 is 13.0. The van der Waals surface area contributed by atoms with Crippen LogP contribution in [0.15, 0.2) is 30.6 Å². The highest BCUT2D eigenvalue weighted by Gasteiger charge is 2.28. The average molecular weight is 370 g/mol. The minimum atomic E-state index is 0.0457. The monoisotopic (exact) mass is 370 g/mol. The molecule has 1 amide bonds. The molecule has 2 aliphatic heterocycles. The molecule has 2 aromatic rings. The number of piperidine rings is 1. The fourth-order valence-electron chi connectivity index (χ4n) is 3.76. The number of likely N-dealkylation sites (N-methyl/N-ethyl adjacent to an activating group) is 1. The van der Waals surface area contributed by atoms with Gasteiger partial charge in [0.15, 0.2) is 11.5 Å². The summed E-state index contributed by atoms with van der Waals surface area (Å²) >= 11 is 0. The normalized spacial score (nSPS) is 18.9. The van der Waals surface area contributed by atoms with E-state index >= 15 is 0 Å². The number of imidazole rings is 1. The van der Waals surface area contributed by atoms with Gasteiger partial charge >= 0.3 is 0 Å². The van der Waals surface area contributed by atoms with Crippen LogP contribution in [0, 0.1) is 0 Å². The van der Waals surface area contributed by atoms with Gasteiger partial charge in [0.2, 0.25) is 6.79 Å². The molecule has 0 bridgehead atoms. The number of benzene rings is 1. The second-order valence-corrected chi connectivity index (χ2v) is 7.44. The molecule has 0 saturated carbocycles. The molecule has 7 nitrogen and oxygen atoms in total. The van der Waals surface area contributed by atoms with Crippen molar-refractivity contribution < 1.29 is 14.3 Å². The lowest BCUT2D eigenvalue weighted by Gasteiger charge is -2.33. The van der Waals surface area contributed by atoms with Gasteiger partial charge < -0.3 is 23.8 Å². The summed E-state index contributed by atoms with van der Waals surface area (Å²) in [7, 11) is 4.14. The third-order valence-electron chi connectivity index (χ3n) is 5.23. The van der Waals surface area contributed by atoms with Crippen molar-refractivity contribution in [3.8, 4) is 11.5 Å². The van der Waals surface area contributed by atoms with Crippen LogP contribution in [0.5, 0.6) is 11.5 Å². The van der Waals surface area contributed by atoms with E-state index in [0.29, 0.717) is 23.6 Å². The molecule has 1 fully saturated rings. The van der Waals surface area contributed by atoms with Crippen molar-refractivity contribution in [1.29, 1.82) is 0 Å². The highest BCUT2D eigenvalue weighted by Crippen LogP contribution is 2.33. The Labute approximate surface area is 159 Å². The number of fused-ring (bicyclic) bond motifs is 1. The van der Waals surface area contributed by atoms with Crippen LogP contribution >= 0.6 is 0 Å². The number of ether oxygens (including phenoxy) is 2. The van der Waals surface area contributed by atoms with E-state index in [1.807, 2.05) is 29.4 Å². The van der Waals surface area contributed by atoms with Crippen LogP contribution in [0.2, 0.25) is 0 Å². The molecule has 0 radical (unpaired) electrons. The molecule has 1 aromatic carbocycles. The van der Waals surface area contributed by atoms with Crippen molar-refractivity contribution >= 4 is 5.91 Å². The van der Waals surface area contributed by atoms with E-state index < -0.39 is 0 Å². The van der Waals surface area contributed by atoms with Gasteiger partial charge in [0.25, 0.3) is 5.91 Å². The molecule has 1 aromatic heterocycles. The van der Waals surface area contributed by atoms with Crippen molar-refractivity contribution in [2.24, 2.45) is 0 Å². The zero-order chi connectivity index (χ0) is 18.8. The maximum atomic E-state index is 13.0. The number of likely N-dealkylation sites (tertiary alicyclic amines) is 1. The van der Waals surface area contributed by atoms with Crippen LogP contribution in [0.3, 0.4) is 0 Å². The highest BCUT2D eigenvalue weighted by molar-refractivity contribution is 5.95. The Hall–Kier alpha value is -2.54. The Morgan fingerprint density at radius 1 is 1.30 bits per heavy atom. The summed E-state index contributed by atoms with van der Waals surface area (Å²) in [5.74, 6) is 2.75. The number of amides is 1. The molecule has 144 valence electrons. The summed E-state index contributed by atoms with van der Waals surface area (Å²) in [5, 5.41) is 0. The number of nitrogens with zero attached hydrogens (tertiary/aromatic N) is 4. The molecule has 0 aliphatic carbocycles. The lowest BCUT2D eigenvalue weighted by molar-refractivity contribution is 0.0702. The van der Waals surface area contributed by atoms with E-state index in [1.165, 1.54) is 0 Å². The molecule has 1 saturated heterocycles. The molecule has 2 aliphatic rings. The number of carbonyl (C=O) groups excluding carboxylic acids is 1. The number of hydrogen-bond acceptors (Lipinski definition) is 5. The molecule has 0 unspecified atom stereocenters. The van der Waals surface area contributed by atoms with Gasteiger partial charge in [-0.3, -0.25) is 4.79 Å². The van der Waals surface area contributed by atoms with E-state index in [2.05, 4.69) is 28.5 Å². The van der Waals surface area contributed by atoms with Crippen molar-refractivity contribution in [3.63, 3.8) is 0 Å². The van der Waals surface area contributed by atoms with Crippen molar-refractivity contribution in [2.45, 2.75) is 25.3 Å². The molecule has 1 atom stereocenters. The zero-order valence-electron chi connectivity index (χ0n) is 15.9. The van der Waals surface area contributed by atoms with E-state index in [0.717, 1.165) is 38.3 Å². The second-order valence-electron chi connectivity index (χ2n) is 7.44. The largest absolute Gasteiger partial charge is 0.454 e. The zero-order valence-corrected chi connectivity index (χ0v) is 15.9. The molecular weight excluding hydrogens is 344 g/mol. The first-order valence-corrected chi connectivity index (χ1v) is 9.46. The number of aromatic nitrogens is 2. The summed E-state index contributed by atoms with van der Waals surface area (Å²) in [6, 6.07) is 5.41. The topological polar surface area (TPSA) is 59.8 Å². The van der Waals surface area contributed by atoms with Crippen LogP contribution in [-0.2, 0) is 6.54 Å². The van der Waals surface area contributed by atoms with Gasteiger partial charge in [-0.1, -0.05) is 0 Å². The van der Waals surface area contributed by atoms with Crippen LogP contribution in [0.25, 0.3) is 0 Å². The van der Waals surface area contributed by atoms with Crippen LogP contribution < -0.4 is 9.47 Å². The van der Waals surface area contributed by atoms with E-state index in [9.17, 15) is 4.79 Å². The van der Waals surface area contributed by atoms with Gasteiger partial charge in [-0.05, 0) is 45.1 Å². The van der Waals surface area contributed by atoms with Crippen LogP contribution in [0.1, 0.15) is 34.9 Å². The molecule has 27 heavy (non-hydrogen) atoms. The van der Waals surface area contributed by atoms with Gasteiger partial charge in [0.1, 0.15) is 5.82 Å². The van der Waals surface area contributed by atoms with Gasteiger partial charge in [-0.2, -0.15) is 0 Å². The predicted octanol–water partition coefficient (Wildman–Crippen LogP) is 2.19. The van der Waals surface area contributed by atoms with Gasteiger partial charge in [0.05, 0.1) is 0 Å². The number of hydrogen-bond donors (Lipinski definition) is 0. The van der Waals surface area contributed by atoms with Crippen molar-refractivity contribution in [2.75, 3.05) is 40.5 Å². The third-order valence-corrected chi connectivity index (χ3v) is 5.23. The summed E-state index contributed by atoms with van der Waals surface area (Å²) in [4.78, 5) is 21.7. The molecule has 4 rings (SSSR count). The second kappa shape index (κ2) is 7.60. The standard InChI is InChI=1S/C20H26N4O3/c1-22(2)10-11-23-9-7-21-19(23)16-4-3-8-24(13-16)20(25)15-5-6-17-18(12-15)27-14-26-17/h5-7,9,12,16H,3-4,8,10-11,13-14H2,1-2H3/t16-/m0/s1. The molecule has 3 heterocycles.